The molecular weight excluding hydrogens is 304 g/mol. The number of hydrogen-bond acceptors (Lipinski definition) is 2. The van der Waals surface area contributed by atoms with E-state index in [1.54, 1.807) is 0 Å². The number of rotatable bonds is 4. The largest absolute Gasteiger partial charge is 0.340 e. The molecule has 0 aromatic heterocycles. The average Bonchev–Trinajstić information content (AvgIpc) is 2.41. The number of nitrogens with zero attached hydrogens (tertiary/aromatic N) is 1. The molecule has 1 aromatic rings. The van der Waals surface area contributed by atoms with E-state index in [0.717, 1.165) is 36.9 Å². The van der Waals surface area contributed by atoms with Crippen molar-refractivity contribution in [2.75, 3.05) is 19.6 Å². The van der Waals surface area contributed by atoms with Crippen molar-refractivity contribution in [3.8, 4) is 0 Å². The van der Waals surface area contributed by atoms with Gasteiger partial charge in [0.05, 0.1) is 0 Å². The fraction of sp³-hybridized carbons (Fsp3) is 0.533. The normalized spacial score (nSPS) is 19.5. The third-order valence-electron chi connectivity index (χ3n) is 3.52. The molecule has 1 heterocycles. The van der Waals surface area contributed by atoms with Gasteiger partial charge in [-0.15, -0.1) is 0 Å². The van der Waals surface area contributed by atoms with Gasteiger partial charge in [0.2, 0.25) is 5.91 Å². The first-order valence-corrected chi connectivity index (χ1v) is 7.70. The fourth-order valence-electron chi connectivity index (χ4n) is 2.45. The predicted molar refractivity (Wildman–Crippen MR) is 81.1 cm³/mol. The minimum absolute atomic E-state index is 0.292. The highest BCUT2D eigenvalue weighted by Gasteiger charge is 2.19. The molecule has 104 valence electrons. The molecule has 1 amide bonds. The third kappa shape index (κ3) is 4.32. The van der Waals surface area contributed by atoms with E-state index < -0.39 is 0 Å². The van der Waals surface area contributed by atoms with Gasteiger partial charge in [-0.25, -0.2) is 0 Å². The summed E-state index contributed by atoms with van der Waals surface area (Å²) >= 11 is 3.54. The minimum Gasteiger partial charge on any atom is -0.340 e. The number of aryl methyl sites for hydroxylation is 1. The van der Waals surface area contributed by atoms with Crippen molar-refractivity contribution in [3.05, 3.63) is 34.3 Å². The lowest BCUT2D eigenvalue weighted by molar-refractivity contribution is -0.132. The lowest BCUT2D eigenvalue weighted by atomic mass is 10.1. The van der Waals surface area contributed by atoms with E-state index >= 15 is 0 Å². The number of benzene rings is 1. The Morgan fingerprint density at radius 2 is 2.26 bits per heavy atom. The molecule has 0 unspecified atom stereocenters. The molecule has 0 radical (unpaired) electrons. The zero-order chi connectivity index (χ0) is 13.7. The van der Waals surface area contributed by atoms with Crippen molar-refractivity contribution >= 4 is 21.8 Å². The summed E-state index contributed by atoms with van der Waals surface area (Å²) in [5.41, 5.74) is 1.28. The number of amides is 1. The van der Waals surface area contributed by atoms with Crippen LogP contribution in [0.4, 0.5) is 0 Å². The number of piperazine rings is 1. The Labute approximate surface area is 123 Å². The topological polar surface area (TPSA) is 32.3 Å². The van der Waals surface area contributed by atoms with Crippen LogP contribution in [-0.4, -0.2) is 36.5 Å². The number of nitrogens with one attached hydrogen (secondary N) is 1. The van der Waals surface area contributed by atoms with Crippen LogP contribution < -0.4 is 5.32 Å². The third-order valence-corrected chi connectivity index (χ3v) is 4.29. The van der Waals surface area contributed by atoms with Crippen LogP contribution in [0.25, 0.3) is 0 Å². The Bertz CT molecular complexity index is 436. The zero-order valence-electron chi connectivity index (χ0n) is 11.4. The van der Waals surface area contributed by atoms with E-state index in [0.29, 0.717) is 18.4 Å². The number of carbonyl (C=O) groups is 1. The number of halogens is 1. The van der Waals surface area contributed by atoms with Gasteiger partial charge in [0.1, 0.15) is 0 Å². The molecule has 0 saturated carbocycles. The van der Waals surface area contributed by atoms with Crippen LogP contribution in [0.3, 0.4) is 0 Å². The Morgan fingerprint density at radius 1 is 1.47 bits per heavy atom. The second-order valence-corrected chi connectivity index (χ2v) is 5.99. The standard InChI is InChI=1S/C15H21BrN2O/c1-12-11-18(10-9-17-12)15(19)8-4-6-13-5-2-3-7-14(13)16/h2-3,5,7,12,17H,4,6,8-11H2,1H3/t12-/m1/s1. The van der Waals surface area contributed by atoms with Gasteiger partial charge < -0.3 is 10.2 Å². The SMILES string of the molecule is C[C@@H]1CN(C(=O)CCCc2ccccc2Br)CCN1. The highest BCUT2D eigenvalue weighted by atomic mass is 79.9. The van der Waals surface area contributed by atoms with E-state index in [2.05, 4.69) is 40.3 Å². The van der Waals surface area contributed by atoms with E-state index in [9.17, 15) is 4.79 Å². The smallest absolute Gasteiger partial charge is 0.222 e. The highest BCUT2D eigenvalue weighted by Crippen LogP contribution is 2.18. The number of hydrogen-bond donors (Lipinski definition) is 1. The molecule has 0 spiro atoms. The Kier molecular flexibility index (Phi) is 5.40. The van der Waals surface area contributed by atoms with Gasteiger partial charge in [-0.2, -0.15) is 0 Å². The minimum atomic E-state index is 0.292. The molecule has 4 heteroatoms. The lowest BCUT2D eigenvalue weighted by Crippen LogP contribution is -2.51. The number of carbonyl (C=O) groups excluding carboxylic acids is 1. The van der Waals surface area contributed by atoms with Gasteiger partial charge in [0, 0.05) is 36.6 Å². The molecular formula is C15H21BrN2O. The maximum atomic E-state index is 12.1. The maximum Gasteiger partial charge on any atom is 0.222 e. The first-order valence-electron chi connectivity index (χ1n) is 6.91. The summed E-state index contributed by atoms with van der Waals surface area (Å²) in [7, 11) is 0. The molecule has 1 atom stereocenters. The second-order valence-electron chi connectivity index (χ2n) is 5.14. The van der Waals surface area contributed by atoms with E-state index in [4.69, 9.17) is 0 Å². The molecule has 1 fully saturated rings. The summed E-state index contributed by atoms with van der Waals surface area (Å²) in [6, 6.07) is 8.64. The Morgan fingerprint density at radius 3 is 3.00 bits per heavy atom. The molecule has 19 heavy (non-hydrogen) atoms. The summed E-state index contributed by atoms with van der Waals surface area (Å²) in [5, 5.41) is 3.36. The van der Waals surface area contributed by atoms with Gasteiger partial charge in [0.15, 0.2) is 0 Å². The fourth-order valence-corrected chi connectivity index (χ4v) is 2.93. The highest BCUT2D eigenvalue weighted by molar-refractivity contribution is 9.10. The van der Waals surface area contributed by atoms with Crippen molar-refractivity contribution in [1.82, 2.24) is 10.2 Å². The lowest BCUT2D eigenvalue weighted by Gasteiger charge is -2.32. The van der Waals surface area contributed by atoms with Gasteiger partial charge in [-0.05, 0) is 31.4 Å². The maximum absolute atomic E-state index is 12.1. The van der Waals surface area contributed by atoms with Crippen molar-refractivity contribution in [3.63, 3.8) is 0 Å². The van der Waals surface area contributed by atoms with Crippen LogP contribution in [0.5, 0.6) is 0 Å². The van der Waals surface area contributed by atoms with Crippen LogP contribution in [-0.2, 0) is 11.2 Å². The van der Waals surface area contributed by atoms with Gasteiger partial charge in [-0.3, -0.25) is 4.79 Å². The van der Waals surface area contributed by atoms with Gasteiger partial charge in [0.25, 0.3) is 0 Å². The van der Waals surface area contributed by atoms with Gasteiger partial charge in [-0.1, -0.05) is 34.1 Å². The van der Waals surface area contributed by atoms with Crippen LogP contribution in [0.1, 0.15) is 25.3 Å². The summed E-state index contributed by atoms with van der Waals surface area (Å²) in [4.78, 5) is 14.1. The van der Waals surface area contributed by atoms with Crippen LogP contribution in [0, 0.1) is 0 Å². The first kappa shape index (κ1) is 14.5. The monoisotopic (exact) mass is 324 g/mol. The molecule has 0 aliphatic carbocycles. The molecule has 0 bridgehead atoms. The molecule has 1 aliphatic heterocycles. The molecule has 1 saturated heterocycles. The molecule has 1 N–H and O–H groups in total. The molecule has 1 aliphatic rings. The van der Waals surface area contributed by atoms with Crippen molar-refractivity contribution in [2.24, 2.45) is 0 Å². The van der Waals surface area contributed by atoms with Crippen molar-refractivity contribution in [2.45, 2.75) is 32.2 Å². The summed E-state index contributed by atoms with van der Waals surface area (Å²) < 4.78 is 1.14. The van der Waals surface area contributed by atoms with Crippen LogP contribution in [0.2, 0.25) is 0 Å². The summed E-state index contributed by atoms with van der Waals surface area (Å²) in [5.74, 6) is 0.292. The zero-order valence-corrected chi connectivity index (χ0v) is 12.9. The van der Waals surface area contributed by atoms with E-state index in [-0.39, 0.29) is 0 Å². The molecule has 1 aromatic carbocycles. The van der Waals surface area contributed by atoms with Gasteiger partial charge >= 0.3 is 0 Å². The first-order chi connectivity index (χ1) is 9.16. The Hall–Kier alpha value is -0.870. The van der Waals surface area contributed by atoms with Crippen molar-refractivity contribution < 1.29 is 4.79 Å². The Balaban J connectivity index is 1.76. The van der Waals surface area contributed by atoms with E-state index in [1.165, 1.54) is 5.56 Å². The molecule has 3 nitrogen and oxygen atoms in total. The summed E-state index contributed by atoms with van der Waals surface area (Å²) in [6.07, 6.45) is 2.52. The summed E-state index contributed by atoms with van der Waals surface area (Å²) in [6.45, 7) is 4.73. The second kappa shape index (κ2) is 7.06. The predicted octanol–water partition coefficient (Wildman–Crippen LogP) is 2.59. The quantitative estimate of drug-likeness (QED) is 0.923. The van der Waals surface area contributed by atoms with Crippen LogP contribution >= 0.6 is 15.9 Å². The van der Waals surface area contributed by atoms with Crippen LogP contribution in [0.15, 0.2) is 28.7 Å². The molecule has 2 rings (SSSR count). The average molecular weight is 325 g/mol. The van der Waals surface area contributed by atoms with E-state index in [1.807, 2.05) is 17.0 Å². The van der Waals surface area contributed by atoms with Crippen molar-refractivity contribution in [1.29, 1.82) is 0 Å².